The Kier molecular flexibility index (Phi) is 5.14. The van der Waals surface area contributed by atoms with Gasteiger partial charge in [0.2, 0.25) is 5.91 Å². The van der Waals surface area contributed by atoms with E-state index < -0.39 is 35.2 Å². The molecule has 0 radical (unpaired) electrons. The van der Waals surface area contributed by atoms with Crippen LogP contribution in [-0.2, 0) is 29.3 Å². The van der Waals surface area contributed by atoms with Gasteiger partial charge in [0, 0.05) is 23.3 Å². The molecule has 1 fully saturated rings. The summed E-state index contributed by atoms with van der Waals surface area (Å²) in [4.78, 5) is 40.2. The predicted molar refractivity (Wildman–Crippen MR) is 103 cm³/mol. The number of carbonyl (C=O) groups is 3. The summed E-state index contributed by atoms with van der Waals surface area (Å²) in [5, 5.41) is 3.23. The van der Waals surface area contributed by atoms with Crippen molar-refractivity contribution >= 4 is 52.3 Å². The van der Waals surface area contributed by atoms with E-state index in [-0.39, 0.29) is 18.2 Å². The van der Waals surface area contributed by atoms with Crippen LogP contribution in [0.2, 0.25) is 5.02 Å². The van der Waals surface area contributed by atoms with Gasteiger partial charge in [0.1, 0.15) is 17.4 Å². The molecule has 3 atom stereocenters. The highest BCUT2D eigenvalue weighted by atomic mass is 35.5. The molecule has 0 aromatic heterocycles. The normalized spacial score (nSPS) is 26.1. The van der Waals surface area contributed by atoms with Crippen LogP contribution in [0.5, 0.6) is 0 Å². The number of halogens is 1. The summed E-state index contributed by atoms with van der Waals surface area (Å²) < 4.78 is 10.3. The Morgan fingerprint density at radius 1 is 1.26 bits per heavy atom. The third-order valence-corrected chi connectivity index (χ3v) is 5.59. The van der Waals surface area contributed by atoms with Gasteiger partial charge in [-0.25, -0.2) is 4.79 Å². The SMILES string of the molecule is CCOC(=O)[C@H]1NC(=S)[C@]2(C(=O)N(C)c3ccc(Cl)cc32)[C@H]1C(=O)OCC. The van der Waals surface area contributed by atoms with E-state index in [0.717, 1.165) is 0 Å². The highest BCUT2D eigenvalue weighted by Crippen LogP contribution is 2.51. The van der Waals surface area contributed by atoms with Gasteiger partial charge >= 0.3 is 11.9 Å². The van der Waals surface area contributed by atoms with Crippen LogP contribution in [0.25, 0.3) is 0 Å². The number of hydrogen-bond acceptors (Lipinski definition) is 6. The minimum atomic E-state index is -1.56. The number of rotatable bonds is 4. The lowest BCUT2D eigenvalue weighted by atomic mass is 9.71. The zero-order valence-corrected chi connectivity index (χ0v) is 16.6. The summed E-state index contributed by atoms with van der Waals surface area (Å²) in [6.07, 6.45) is 0. The second-order valence-corrected chi connectivity index (χ2v) is 7.11. The molecule has 1 saturated heterocycles. The van der Waals surface area contributed by atoms with Crippen molar-refractivity contribution in [3.63, 3.8) is 0 Å². The highest BCUT2D eigenvalue weighted by molar-refractivity contribution is 7.80. The van der Waals surface area contributed by atoms with Crippen LogP contribution in [0.4, 0.5) is 5.69 Å². The summed E-state index contributed by atoms with van der Waals surface area (Å²) in [5.41, 5.74) is -0.509. The zero-order valence-electron chi connectivity index (χ0n) is 15.1. The average molecular weight is 411 g/mol. The van der Waals surface area contributed by atoms with E-state index in [1.165, 1.54) is 4.90 Å². The maximum atomic E-state index is 13.3. The number of fused-ring (bicyclic) bond motifs is 2. The lowest BCUT2D eigenvalue weighted by Gasteiger charge is -2.28. The molecule has 9 heteroatoms. The van der Waals surface area contributed by atoms with Crippen molar-refractivity contribution in [1.29, 1.82) is 0 Å². The van der Waals surface area contributed by atoms with Crippen molar-refractivity contribution in [3.05, 3.63) is 28.8 Å². The van der Waals surface area contributed by atoms with Crippen LogP contribution in [-0.4, -0.2) is 49.1 Å². The molecule has 0 aliphatic carbocycles. The summed E-state index contributed by atoms with van der Waals surface area (Å²) in [6.45, 7) is 3.53. The van der Waals surface area contributed by atoms with Crippen molar-refractivity contribution in [2.75, 3.05) is 25.2 Å². The van der Waals surface area contributed by atoms with Crippen LogP contribution in [0.3, 0.4) is 0 Å². The van der Waals surface area contributed by atoms with Crippen molar-refractivity contribution in [1.82, 2.24) is 5.32 Å². The van der Waals surface area contributed by atoms with Crippen molar-refractivity contribution in [2.45, 2.75) is 25.3 Å². The molecule has 1 amide bonds. The van der Waals surface area contributed by atoms with Gasteiger partial charge in [-0.2, -0.15) is 0 Å². The average Bonchev–Trinajstić information content (AvgIpc) is 3.04. The van der Waals surface area contributed by atoms with Gasteiger partial charge in [-0.15, -0.1) is 0 Å². The molecule has 2 heterocycles. The summed E-state index contributed by atoms with van der Waals surface area (Å²) in [7, 11) is 1.59. The monoisotopic (exact) mass is 410 g/mol. The highest BCUT2D eigenvalue weighted by Gasteiger charge is 2.68. The molecule has 2 aliphatic heterocycles. The molecular formula is C18H19ClN2O5S. The first-order chi connectivity index (χ1) is 12.8. The first kappa shape index (κ1) is 19.6. The number of anilines is 1. The molecule has 144 valence electrons. The van der Waals surface area contributed by atoms with E-state index in [2.05, 4.69) is 5.32 Å². The number of thiocarbonyl (C=S) groups is 1. The number of ether oxygens (including phenoxy) is 2. The molecule has 7 nitrogen and oxygen atoms in total. The molecule has 1 N–H and O–H groups in total. The number of benzene rings is 1. The van der Waals surface area contributed by atoms with Crippen molar-refractivity contribution in [2.24, 2.45) is 5.92 Å². The Hall–Kier alpha value is -2.19. The number of amides is 1. The van der Waals surface area contributed by atoms with E-state index in [1.54, 1.807) is 39.1 Å². The van der Waals surface area contributed by atoms with Gasteiger partial charge in [0.25, 0.3) is 0 Å². The fraction of sp³-hybridized carbons (Fsp3) is 0.444. The molecule has 1 aromatic rings. The van der Waals surface area contributed by atoms with E-state index in [1.807, 2.05) is 0 Å². The predicted octanol–water partition coefficient (Wildman–Crippen LogP) is 1.60. The standard InChI is InChI=1S/C18H19ClN2O5S/c1-4-25-14(22)12-13(15(23)26-5-2)20-16(27)18(12)10-8-9(19)6-7-11(10)21(3)17(18)24/h6-8,12-13H,4-5H2,1-3H3,(H,20,27)/t12-,13+,18-/m1/s1. The maximum Gasteiger partial charge on any atom is 0.329 e. The molecule has 1 aromatic carbocycles. The molecule has 1 spiro atoms. The number of nitrogens with zero attached hydrogens (tertiary/aromatic N) is 1. The third-order valence-electron chi connectivity index (χ3n) is 4.91. The third kappa shape index (κ3) is 2.70. The maximum absolute atomic E-state index is 13.3. The minimum absolute atomic E-state index is 0.0801. The lowest BCUT2D eigenvalue weighted by Crippen LogP contribution is -2.51. The van der Waals surface area contributed by atoms with E-state index in [4.69, 9.17) is 33.3 Å². The van der Waals surface area contributed by atoms with Gasteiger partial charge in [-0.05, 0) is 32.0 Å². The number of esters is 2. The van der Waals surface area contributed by atoms with E-state index in [0.29, 0.717) is 16.3 Å². The zero-order chi connectivity index (χ0) is 19.9. The minimum Gasteiger partial charge on any atom is -0.466 e. The van der Waals surface area contributed by atoms with Crippen molar-refractivity contribution < 1.29 is 23.9 Å². The first-order valence-corrected chi connectivity index (χ1v) is 9.31. The molecule has 2 aliphatic rings. The van der Waals surface area contributed by atoms with Gasteiger partial charge in [0.15, 0.2) is 0 Å². The lowest BCUT2D eigenvalue weighted by molar-refractivity contribution is -0.158. The molecule has 0 unspecified atom stereocenters. The van der Waals surface area contributed by atoms with Gasteiger partial charge in [0.05, 0.1) is 18.2 Å². The molecule has 0 saturated carbocycles. The Balaban J connectivity index is 2.24. The second kappa shape index (κ2) is 7.09. The molecule has 0 bridgehead atoms. The number of hydrogen-bond donors (Lipinski definition) is 1. The molecule has 3 rings (SSSR count). The van der Waals surface area contributed by atoms with Crippen molar-refractivity contribution in [3.8, 4) is 0 Å². The van der Waals surface area contributed by atoms with E-state index >= 15 is 0 Å². The second-order valence-electron chi connectivity index (χ2n) is 6.27. The van der Waals surface area contributed by atoms with Crippen LogP contribution >= 0.6 is 23.8 Å². The summed E-state index contributed by atoms with van der Waals surface area (Å²) in [6, 6.07) is 3.81. The first-order valence-electron chi connectivity index (χ1n) is 8.53. The van der Waals surface area contributed by atoms with E-state index in [9.17, 15) is 14.4 Å². The molecular weight excluding hydrogens is 392 g/mol. The Labute approximate surface area is 166 Å². The summed E-state index contributed by atoms with van der Waals surface area (Å²) >= 11 is 11.6. The Bertz CT molecular complexity index is 845. The Morgan fingerprint density at radius 2 is 1.89 bits per heavy atom. The van der Waals surface area contributed by atoms with Gasteiger partial charge in [-0.1, -0.05) is 23.8 Å². The number of carbonyl (C=O) groups excluding carboxylic acids is 3. The van der Waals surface area contributed by atoms with Gasteiger partial charge in [-0.3, -0.25) is 9.59 Å². The van der Waals surface area contributed by atoms with Gasteiger partial charge < -0.3 is 19.7 Å². The quantitative estimate of drug-likeness (QED) is 0.596. The number of likely N-dealkylation sites (N-methyl/N-ethyl adjacent to an activating group) is 1. The molecule has 27 heavy (non-hydrogen) atoms. The number of nitrogens with one attached hydrogen (secondary N) is 1. The fourth-order valence-corrected chi connectivity index (χ4v) is 4.45. The Morgan fingerprint density at radius 3 is 2.52 bits per heavy atom. The smallest absolute Gasteiger partial charge is 0.329 e. The summed E-state index contributed by atoms with van der Waals surface area (Å²) in [5.74, 6) is -2.97. The topological polar surface area (TPSA) is 84.9 Å². The van der Waals surface area contributed by atoms with Crippen LogP contribution < -0.4 is 10.2 Å². The largest absolute Gasteiger partial charge is 0.466 e. The fourth-order valence-electron chi connectivity index (χ4n) is 3.83. The van der Waals surface area contributed by atoms with Crippen LogP contribution in [0.15, 0.2) is 18.2 Å². The van der Waals surface area contributed by atoms with Crippen LogP contribution in [0, 0.1) is 5.92 Å². The van der Waals surface area contributed by atoms with Crippen LogP contribution in [0.1, 0.15) is 19.4 Å².